The van der Waals surface area contributed by atoms with Gasteiger partial charge in [-0.2, -0.15) is 0 Å². The second-order valence-electron chi connectivity index (χ2n) is 7.80. The summed E-state index contributed by atoms with van der Waals surface area (Å²) in [6.07, 6.45) is 2.67. The molecule has 0 N–H and O–H groups in total. The fraction of sp³-hybridized carbons (Fsp3) is 0.500. The van der Waals surface area contributed by atoms with Gasteiger partial charge in [-0.05, 0) is 24.6 Å². The molecule has 1 aliphatic heterocycles. The summed E-state index contributed by atoms with van der Waals surface area (Å²) in [5.41, 5.74) is 0.346. The molecule has 3 rings (SSSR count). The number of amides is 1. The van der Waals surface area contributed by atoms with Gasteiger partial charge in [0.25, 0.3) is 5.91 Å². The van der Waals surface area contributed by atoms with Gasteiger partial charge < -0.3 is 9.32 Å². The molecule has 2 heterocycles. The van der Waals surface area contributed by atoms with E-state index in [0.29, 0.717) is 31.1 Å². The Morgan fingerprint density at radius 2 is 2.04 bits per heavy atom. The molecule has 0 spiro atoms. The van der Waals surface area contributed by atoms with E-state index in [0.717, 1.165) is 25.3 Å². The van der Waals surface area contributed by atoms with Gasteiger partial charge in [-0.3, -0.25) is 9.69 Å². The molecule has 0 radical (unpaired) electrons. The molecule has 2 aromatic rings. The molecule has 1 saturated heterocycles. The highest BCUT2D eigenvalue weighted by molar-refractivity contribution is 5.94. The first-order chi connectivity index (χ1) is 12.3. The Hall–Kier alpha value is -2.21. The fourth-order valence-corrected chi connectivity index (χ4v) is 3.06. The first kappa shape index (κ1) is 18.6. The molecule has 0 unspecified atom stereocenters. The van der Waals surface area contributed by atoms with Gasteiger partial charge in [0, 0.05) is 37.2 Å². The van der Waals surface area contributed by atoms with Crippen LogP contribution < -0.4 is 0 Å². The van der Waals surface area contributed by atoms with E-state index in [1.807, 2.05) is 0 Å². The van der Waals surface area contributed by atoms with Crippen LogP contribution in [0.4, 0.5) is 4.39 Å². The molecule has 1 aromatic heterocycles. The summed E-state index contributed by atoms with van der Waals surface area (Å²) in [5.74, 6) is 1.09. The summed E-state index contributed by atoms with van der Waals surface area (Å²) in [6, 6.07) is 5.88. The zero-order valence-corrected chi connectivity index (χ0v) is 15.7. The normalized spacial score (nSPS) is 16.5. The highest BCUT2D eigenvalue weighted by Gasteiger charge is 2.23. The molecule has 140 valence electrons. The lowest BCUT2D eigenvalue weighted by Gasteiger charge is -2.21. The zero-order chi connectivity index (χ0) is 18.7. The SMILES string of the molecule is CC(C)(C)c1cnc(CN2CCCN(C(=O)c3cccc(F)c3)CC2)o1. The summed E-state index contributed by atoms with van der Waals surface area (Å²) in [6.45, 7) is 9.83. The topological polar surface area (TPSA) is 49.6 Å². The molecule has 0 bridgehead atoms. The lowest BCUT2D eigenvalue weighted by Crippen LogP contribution is -2.35. The number of hydrogen-bond donors (Lipinski definition) is 0. The van der Waals surface area contributed by atoms with Crippen molar-refractivity contribution in [1.82, 2.24) is 14.8 Å². The van der Waals surface area contributed by atoms with Gasteiger partial charge in [0.15, 0.2) is 0 Å². The minimum absolute atomic E-state index is 0.0573. The van der Waals surface area contributed by atoms with Gasteiger partial charge in [-0.1, -0.05) is 26.8 Å². The summed E-state index contributed by atoms with van der Waals surface area (Å²) in [4.78, 5) is 21.0. The lowest BCUT2D eigenvalue weighted by atomic mass is 9.94. The van der Waals surface area contributed by atoms with E-state index in [1.165, 1.54) is 12.1 Å². The van der Waals surface area contributed by atoms with Crippen LogP contribution in [-0.2, 0) is 12.0 Å². The molecule has 6 heteroatoms. The Morgan fingerprint density at radius 3 is 2.73 bits per heavy atom. The van der Waals surface area contributed by atoms with Gasteiger partial charge in [0.05, 0.1) is 12.7 Å². The Bertz CT molecular complexity index is 766. The Balaban J connectivity index is 1.60. The summed E-state index contributed by atoms with van der Waals surface area (Å²) in [7, 11) is 0. The first-order valence-electron chi connectivity index (χ1n) is 9.05. The van der Waals surface area contributed by atoms with Crippen molar-refractivity contribution in [3.63, 3.8) is 0 Å². The van der Waals surface area contributed by atoms with Crippen LogP contribution in [0.15, 0.2) is 34.9 Å². The predicted molar refractivity (Wildman–Crippen MR) is 97.4 cm³/mol. The fourth-order valence-electron chi connectivity index (χ4n) is 3.06. The summed E-state index contributed by atoms with van der Waals surface area (Å²) >= 11 is 0. The third kappa shape index (κ3) is 4.49. The number of carbonyl (C=O) groups is 1. The predicted octanol–water partition coefficient (Wildman–Crippen LogP) is 3.46. The van der Waals surface area contributed by atoms with E-state index in [2.05, 4.69) is 30.7 Å². The van der Waals surface area contributed by atoms with Crippen molar-refractivity contribution in [3.8, 4) is 0 Å². The van der Waals surface area contributed by atoms with Crippen LogP contribution in [0, 0.1) is 5.82 Å². The number of hydrogen-bond acceptors (Lipinski definition) is 4. The number of carbonyl (C=O) groups excluding carboxylic acids is 1. The number of benzene rings is 1. The maximum Gasteiger partial charge on any atom is 0.254 e. The van der Waals surface area contributed by atoms with Gasteiger partial charge in [-0.25, -0.2) is 9.37 Å². The van der Waals surface area contributed by atoms with Gasteiger partial charge in [-0.15, -0.1) is 0 Å². The Morgan fingerprint density at radius 1 is 1.23 bits per heavy atom. The van der Waals surface area contributed by atoms with E-state index in [4.69, 9.17) is 4.42 Å². The molecular weight excluding hydrogens is 333 g/mol. The second kappa shape index (κ2) is 7.58. The average molecular weight is 359 g/mol. The zero-order valence-electron chi connectivity index (χ0n) is 15.7. The number of oxazole rings is 1. The van der Waals surface area contributed by atoms with Gasteiger partial charge in [0.1, 0.15) is 11.6 Å². The van der Waals surface area contributed by atoms with Crippen LogP contribution in [0.3, 0.4) is 0 Å². The van der Waals surface area contributed by atoms with Gasteiger partial charge in [0.2, 0.25) is 5.89 Å². The van der Waals surface area contributed by atoms with Crippen LogP contribution in [0.25, 0.3) is 0 Å². The molecule has 1 aliphatic rings. The van der Waals surface area contributed by atoms with Crippen LogP contribution in [0.1, 0.15) is 49.2 Å². The van der Waals surface area contributed by atoms with E-state index >= 15 is 0 Å². The smallest absolute Gasteiger partial charge is 0.254 e. The summed E-state index contributed by atoms with van der Waals surface area (Å²) in [5, 5.41) is 0. The van der Waals surface area contributed by atoms with Gasteiger partial charge >= 0.3 is 0 Å². The Labute approximate surface area is 153 Å². The van der Waals surface area contributed by atoms with E-state index in [9.17, 15) is 9.18 Å². The number of nitrogens with zero attached hydrogens (tertiary/aromatic N) is 3. The standard InChI is InChI=1S/C20H26FN3O2/c1-20(2,3)17-13-22-18(26-17)14-23-8-5-9-24(11-10-23)19(25)15-6-4-7-16(21)12-15/h4,6-7,12-13H,5,8-11,14H2,1-3H3. The molecule has 26 heavy (non-hydrogen) atoms. The number of aromatic nitrogens is 1. The largest absolute Gasteiger partial charge is 0.444 e. The third-order valence-electron chi connectivity index (χ3n) is 4.60. The van der Waals surface area contributed by atoms with Crippen LogP contribution in [0.2, 0.25) is 0 Å². The van der Waals surface area contributed by atoms with Crippen molar-refractivity contribution >= 4 is 5.91 Å². The van der Waals surface area contributed by atoms with Crippen molar-refractivity contribution in [2.75, 3.05) is 26.2 Å². The van der Waals surface area contributed by atoms with Crippen LogP contribution in [0.5, 0.6) is 0 Å². The molecule has 0 saturated carbocycles. The van der Waals surface area contributed by atoms with E-state index in [1.54, 1.807) is 23.2 Å². The van der Waals surface area contributed by atoms with E-state index in [-0.39, 0.29) is 17.1 Å². The monoisotopic (exact) mass is 359 g/mol. The van der Waals surface area contributed by atoms with Crippen molar-refractivity contribution in [3.05, 3.63) is 53.5 Å². The van der Waals surface area contributed by atoms with Crippen LogP contribution >= 0.6 is 0 Å². The average Bonchev–Trinajstić information content (AvgIpc) is 2.94. The molecule has 1 amide bonds. The highest BCUT2D eigenvalue weighted by Crippen LogP contribution is 2.23. The molecule has 1 aromatic carbocycles. The lowest BCUT2D eigenvalue weighted by molar-refractivity contribution is 0.0760. The second-order valence-corrected chi connectivity index (χ2v) is 7.80. The minimum atomic E-state index is -0.383. The quantitative estimate of drug-likeness (QED) is 0.842. The molecule has 0 atom stereocenters. The van der Waals surface area contributed by atoms with Crippen molar-refractivity contribution < 1.29 is 13.6 Å². The van der Waals surface area contributed by atoms with Crippen LogP contribution in [-0.4, -0.2) is 46.9 Å². The number of halogens is 1. The van der Waals surface area contributed by atoms with Crippen molar-refractivity contribution in [2.45, 2.75) is 39.2 Å². The highest BCUT2D eigenvalue weighted by atomic mass is 19.1. The molecule has 5 nitrogen and oxygen atoms in total. The molecular formula is C20H26FN3O2. The maximum absolute atomic E-state index is 13.4. The number of rotatable bonds is 3. The van der Waals surface area contributed by atoms with E-state index < -0.39 is 0 Å². The minimum Gasteiger partial charge on any atom is -0.444 e. The third-order valence-corrected chi connectivity index (χ3v) is 4.60. The molecule has 1 fully saturated rings. The molecule has 0 aliphatic carbocycles. The van der Waals surface area contributed by atoms with Crippen molar-refractivity contribution in [1.29, 1.82) is 0 Å². The van der Waals surface area contributed by atoms with Crippen molar-refractivity contribution in [2.24, 2.45) is 0 Å². The maximum atomic E-state index is 13.4. The first-order valence-corrected chi connectivity index (χ1v) is 9.05. The Kier molecular flexibility index (Phi) is 5.41. The summed E-state index contributed by atoms with van der Waals surface area (Å²) < 4.78 is 19.2.